The van der Waals surface area contributed by atoms with Crippen LogP contribution in [0.5, 0.6) is 5.75 Å². The van der Waals surface area contributed by atoms with E-state index in [0.29, 0.717) is 27.6 Å². The number of amides is 1. The number of benzene rings is 2. The predicted octanol–water partition coefficient (Wildman–Crippen LogP) is 5.10. The lowest BCUT2D eigenvalue weighted by Crippen LogP contribution is -2.14. The molecule has 140 valence electrons. The lowest BCUT2D eigenvalue weighted by molar-refractivity contribution is -0.113. The normalized spacial score (nSPS) is 10.6. The second-order valence-corrected chi connectivity index (χ2v) is 7.74. The highest BCUT2D eigenvalue weighted by molar-refractivity contribution is 9.10. The summed E-state index contributed by atoms with van der Waals surface area (Å²) in [6, 6.07) is 12.7. The number of nitrogens with zero attached hydrogens (tertiary/aromatic N) is 2. The van der Waals surface area contributed by atoms with E-state index in [0.717, 1.165) is 21.8 Å². The van der Waals surface area contributed by atoms with Crippen LogP contribution in [0.4, 0.5) is 5.69 Å². The van der Waals surface area contributed by atoms with Crippen molar-refractivity contribution < 1.29 is 13.9 Å². The minimum absolute atomic E-state index is 0.137. The van der Waals surface area contributed by atoms with Crippen molar-refractivity contribution in [3.8, 4) is 5.75 Å². The van der Waals surface area contributed by atoms with E-state index >= 15 is 0 Å². The van der Waals surface area contributed by atoms with E-state index < -0.39 is 0 Å². The molecule has 27 heavy (non-hydrogen) atoms. The predicted molar refractivity (Wildman–Crippen MR) is 108 cm³/mol. The second-order valence-electron chi connectivity index (χ2n) is 5.52. The Hall–Kier alpha value is -2.03. The third kappa shape index (κ3) is 5.98. The van der Waals surface area contributed by atoms with Crippen LogP contribution in [0.3, 0.4) is 0 Å². The molecule has 2 aromatic carbocycles. The zero-order valence-electron chi connectivity index (χ0n) is 14.2. The van der Waals surface area contributed by atoms with E-state index in [1.165, 1.54) is 0 Å². The van der Waals surface area contributed by atoms with Crippen molar-refractivity contribution in [1.82, 2.24) is 10.2 Å². The Bertz CT molecular complexity index is 934. The van der Waals surface area contributed by atoms with E-state index in [-0.39, 0.29) is 18.3 Å². The molecule has 0 saturated heterocycles. The van der Waals surface area contributed by atoms with Crippen LogP contribution in [0.1, 0.15) is 11.5 Å². The molecular weight excluding hydrogens is 454 g/mol. The first-order valence-corrected chi connectivity index (χ1v) is 10.0. The fourth-order valence-corrected chi connectivity index (χ4v) is 3.36. The fraction of sp³-hybridized carbons (Fsp3) is 0.167. The van der Waals surface area contributed by atoms with Crippen LogP contribution in [0, 0.1) is 6.92 Å². The number of ether oxygens (including phenoxy) is 1. The summed E-state index contributed by atoms with van der Waals surface area (Å²) in [5.74, 6) is 0.964. The molecule has 1 N–H and O–H groups in total. The lowest BCUT2D eigenvalue weighted by Gasteiger charge is -2.07. The lowest BCUT2D eigenvalue weighted by atomic mass is 10.2. The Balaban J connectivity index is 1.47. The number of hydrogen-bond donors (Lipinski definition) is 1. The molecule has 1 aromatic heterocycles. The Morgan fingerprint density at radius 1 is 1.26 bits per heavy atom. The molecule has 1 amide bonds. The van der Waals surface area contributed by atoms with Crippen molar-refractivity contribution in [2.45, 2.75) is 18.8 Å². The summed E-state index contributed by atoms with van der Waals surface area (Å²) in [4.78, 5) is 12.1. The third-order valence-corrected chi connectivity index (χ3v) is 5.08. The molecule has 0 spiro atoms. The molecule has 0 atom stereocenters. The van der Waals surface area contributed by atoms with Crippen LogP contribution in [0.25, 0.3) is 0 Å². The first-order chi connectivity index (χ1) is 13.0. The summed E-state index contributed by atoms with van der Waals surface area (Å²) < 4.78 is 11.8. The molecular formula is C18H15BrClN3O3S. The van der Waals surface area contributed by atoms with Gasteiger partial charge in [0.2, 0.25) is 5.91 Å². The van der Waals surface area contributed by atoms with Crippen LogP contribution in [-0.2, 0) is 11.4 Å². The molecule has 0 bridgehead atoms. The topological polar surface area (TPSA) is 77.2 Å². The molecule has 0 aliphatic rings. The van der Waals surface area contributed by atoms with Gasteiger partial charge in [0.1, 0.15) is 5.75 Å². The van der Waals surface area contributed by atoms with E-state index in [1.807, 2.05) is 25.1 Å². The van der Waals surface area contributed by atoms with Crippen LogP contribution in [0.15, 0.2) is 56.6 Å². The van der Waals surface area contributed by atoms with Gasteiger partial charge in [0.15, 0.2) is 6.61 Å². The maximum Gasteiger partial charge on any atom is 0.277 e. The van der Waals surface area contributed by atoms with Crippen LogP contribution >= 0.6 is 39.3 Å². The first-order valence-electron chi connectivity index (χ1n) is 7.89. The summed E-state index contributed by atoms with van der Waals surface area (Å²) in [5.41, 5.74) is 1.82. The van der Waals surface area contributed by atoms with Crippen molar-refractivity contribution >= 4 is 50.9 Å². The number of rotatable bonds is 7. The molecule has 6 nitrogen and oxygen atoms in total. The molecule has 0 unspecified atom stereocenters. The summed E-state index contributed by atoms with van der Waals surface area (Å²) in [7, 11) is 0. The minimum Gasteiger partial charge on any atom is -0.484 e. The van der Waals surface area contributed by atoms with Crippen molar-refractivity contribution in [3.05, 3.63) is 63.4 Å². The number of hydrogen-bond acceptors (Lipinski definition) is 6. The number of aromatic nitrogens is 2. The SMILES string of the molecule is Cc1ccc(NC(=O)CSc2nnc(COc3ccc(Cl)cc3)o2)c(Br)c1. The maximum absolute atomic E-state index is 12.1. The number of halogens is 2. The van der Waals surface area contributed by atoms with Gasteiger partial charge in [-0.15, -0.1) is 10.2 Å². The summed E-state index contributed by atoms with van der Waals surface area (Å²) in [5, 5.41) is 11.6. The van der Waals surface area contributed by atoms with Gasteiger partial charge >= 0.3 is 0 Å². The molecule has 0 saturated carbocycles. The number of thioether (sulfide) groups is 1. The highest BCUT2D eigenvalue weighted by atomic mass is 79.9. The van der Waals surface area contributed by atoms with Crippen molar-refractivity contribution in [2.24, 2.45) is 0 Å². The highest BCUT2D eigenvalue weighted by Gasteiger charge is 2.11. The number of nitrogens with one attached hydrogen (secondary N) is 1. The Labute approximate surface area is 173 Å². The quantitative estimate of drug-likeness (QED) is 0.486. The molecule has 9 heteroatoms. The van der Waals surface area contributed by atoms with Gasteiger partial charge in [-0.1, -0.05) is 29.4 Å². The second kappa shape index (κ2) is 9.25. The van der Waals surface area contributed by atoms with Crippen LogP contribution in [0.2, 0.25) is 5.02 Å². The van der Waals surface area contributed by atoms with Crippen molar-refractivity contribution in [2.75, 3.05) is 11.1 Å². The number of carbonyl (C=O) groups is 1. The average Bonchev–Trinajstić information content (AvgIpc) is 3.10. The van der Waals surface area contributed by atoms with E-state index in [2.05, 4.69) is 31.4 Å². The number of anilines is 1. The largest absolute Gasteiger partial charge is 0.484 e. The summed E-state index contributed by atoms with van der Waals surface area (Å²) in [6.07, 6.45) is 0. The van der Waals surface area contributed by atoms with Gasteiger partial charge in [-0.05, 0) is 64.8 Å². The van der Waals surface area contributed by atoms with E-state index in [1.54, 1.807) is 24.3 Å². The first kappa shape index (κ1) is 19.7. The van der Waals surface area contributed by atoms with E-state index in [4.69, 9.17) is 20.8 Å². The molecule has 1 heterocycles. The van der Waals surface area contributed by atoms with Crippen molar-refractivity contribution in [3.63, 3.8) is 0 Å². The standard InChI is InChI=1S/C18H15BrClN3O3S/c1-11-2-7-15(14(19)8-11)21-16(24)10-27-18-23-22-17(26-18)9-25-13-5-3-12(20)4-6-13/h2-8H,9-10H2,1H3,(H,21,24). The van der Waals surface area contributed by atoms with Gasteiger partial charge < -0.3 is 14.5 Å². The number of carbonyl (C=O) groups excluding carboxylic acids is 1. The zero-order chi connectivity index (χ0) is 19.2. The fourth-order valence-electron chi connectivity index (χ4n) is 2.07. The Kier molecular flexibility index (Phi) is 6.76. The van der Waals surface area contributed by atoms with Gasteiger partial charge in [0.25, 0.3) is 11.1 Å². The minimum atomic E-state index is -0.165. The molecule has 0 aliphatic carbocycles. The molecule has 3 aromatic rings. The average molecular weight is 469 g/mol. The van der Waals surface area contributed by atoms with Gasteiger partial charge in [-0.3, -0.25) is 4.79 Å². The summed E-state index contributed by atoms with van der Waals surface area (Å²) >= 11 is 10.4. The van der Waals surface area contributed by atoms with E-state index in [9.17, 15) is 4.79 Å². The van der Waals surface area contributed by atoms with Crippen LogP contribution < -0.4 is 10.1 Å². The Morgan fingerprint density at radius 3 is 2.78 bits per heavy atom. The zero-order valence-corrected chi connectivity index (χ0v) is 17.4. The smallest absolute Gasteiger partial charge is 0.277 e. The highest BCUT2D eigenvalue weighted by Crippen LogP contribution is 2.24. The molecule has 0 aliphatic heterocycles. The van der Waals surface area contributed by atoms with Gasteiger partial charge in [-0.25, -0.2) is 0 Å². The Morgan fingerprint density at radius 2 is 2.04 bits per heavy atom. The monoisotopic (exact) mass is 467 g/mol. The van der Waals surface area contributed by atoms with Gasteiger partial charge in [-0.2, -0.15) is 0 Å². The van der Waals surface area contributed by atoms with Crippen LogP contribution in [-0.4, -0.2) is 21.9 Å². The maximum atomic E-state index is 12.1. The third-order valence-electron chi connectivity index (χ3n) is 3.35. The molecule has 3 rings (SSSR count). The summed E-state index contributed by atoms with van der Waals surface area (Å²) in [6.45, 7) is 2.12. The van der Waals surface area contributed by atoms with Gasteiger partial charge in [0, 0.05) is 9.50 Å². The molecule has 0 fully saturated rings. The van der Waals surface area contributed by atoms with Gasteiger partial charge in [0.05, 0.1) is 11.4 Å². The number of aryl methyl sites for hydroxylation is 1. The van der Waals surface area contributed by atoms with Crippen molar-refractivity contribution in [1.29, 1.82) is 0 Å². The molecule has 0 radical (unpaired) electrons.